The fourth-order valence-electron chi connectivity index (χ4n) is 1.98. The van der Waals surface area contributed by atoms with Gasteiger partial charge < -0.3 is 0 Å². The first-order valence-electron chi connectivity index (χ1n) is 5.31. The van der Waals surface area contributed by atoms with Crippen LogP contribution in [0.5, 0.6) is 0 Å². The zero-order valence-electron chi connectivity index (χ0n) is 9.40. The lowest BCUT2D eigenvalue weighted by molar-refractivity contribution is -0.384. The quantitative estimate of drug-likeness (QED) is 0.524. The second-order valence-electron chi connectivity index (χ2n) is 3.98. The number of thiophene rings is 1. The summed E-state index contributed by atoms with van der Waals surface area (Å²) in [5.74, 6) is 0. The maximum absolute atomic E-state index is 10.7. The Labute approximate surface area is 110 Å². The molecule has 0 saturated heterocycles. The molecule has 0 radical (unpaired) electrons. The van der Waals surface area contributed by atoms with Gasteiger partial charge in [-0.1, -0.05) is 0 Å². The Morgan fingerprint density at radius 1 is 0.789 bits per heavy atom. The lowest BCUT2D eigenvalue weighted by Crippen LogP contribution is -1.86. The van der Waals surface area contributed by atoms with Crippen molar-refractivity contribution >= 4 is 42.9 Å². The second-order valence-corrected chi connectivity index (χ2v) is 5.06. The molecule has 0 bridgehead atoms. The first kappa shape index (κ1) is 11.5. The number of nitro groups is 2. The lowest BCUT2D eigenvalue weighted by Gasteiger charge is -1.93. The van der Waals surface area contributed by atoms with Crippen molar-refractivity contribution in [1.29, 1.82) is 0 Å². The Morgan fingerprint density at radius 3 is 1.58 bits per heavy atom. The summed E-state index contributed by atoms with van der Waals surface area (Å²) >= 11 is 1.32. The summed E-state index contributed by atoms with van der Waals surface area (Å²) in [4.78, 5) is 20.5. The molecule has 19 heavy (non-hydrogen) atoms. The predicted molar refractivity (Wildman–Crippen MR) is 72.6 cm³/mol. The van der Waals surface area contributed by atoms with Gasteiger partial charge in [-0.3, -0.25) is 20.2 Å². The highest BCUT2D eigenvalue weighted by Gasteiger charge is 2.13. The summed E-state index contributed by atoms with van der Waals surface area (Å²) < 4.78 is 1.51. The van der Waals surface area contributed by atoms with E-state index in [9.17, 15) is 20.2 Å². The van der Waals surface area contributed by atoms with Crippen LogP contribution in [0.3, 0.4) is 0 Å². The Kier molecular flexibility index (Phi) is 2.42. The van der Waals surface area contributed by atoms with Crippen LogP contribution in [0.1, 0.15) is 0 Å². The van der Waals surface area contributed by atoms with Gasteiger partial charge in [0.15, 0.2) is 0 Å². The molecule has 7 heteroatoms. The van der Waals surface area contributed by atoms with Gasteiger partial charge in [-0.05, 0) is 12.1 Å². The number of hydrogen-bond donors (Lipinski definition) is 0. The van der Waals surface area contributed by atoms with Crippen LogP contribution in [0.4, 0.5) is 11.4 Å². The number of nitrogens with zero attached hydrogens (tertiary/aromatic N) is 2. The number of rotatable bonds is 2. The highest BCUT2D eigenvalue weighted by molar-refractivity contribution is 7.25. The van der Waals surface area contributed by atoms with E-state index in [1.54, 1.807) is 12.1 Å². The molecule has 94 valence electrons. The van der Waals surface area contributed by atoms with Crippen molar-refractivity contribution in [2.45, 2.75) is 0 Å². The third-order valence-electron chi connectivity index (χ3n) is 2.86. The standard InChI is InChI=1S/C12H6N2O4S/c15-13(16)7-1-3-9-10-4-2-8(14(17)18)6-12(10)19-11(9)5-7/h1-6H. The highest BCUT2D eigenvalue weighted by Crippen LogP contribution is 2.37. The largest absolute Gasteiger partial charge is 0.270 e. The van der Waals surface area contributed by atoms with Crippen molar-refractivity contribution < 1.29 is 9.85 Å². The van der Waals surface area contributed by atoms with E-state index in [0.717, 1.165) is 20.2 Å². The average Bonchev–Trinajstić information content (AvgIpc) is 2.74. The maximum Gasteiger partial charge on any atom is 0.270 e. The third-order valence-corrected chi connectivity index (χ3v) is 3.98. The van der Waals surface area contributed by atoms with E-state index < -0.39 is 9.85 Å². The Morgan fingerprint density at radius 2 is 1.21 bits per heavy atom. The summed E-state index contributed by atoms with van der Waals surface area (Å²) in [6.07, 6.45) is 0. The van der Waals surface area contributed by atoms with Gasteiger partial charge in [-0.25, -0.2) is 0 Å². The van der Waals surface area contributed by atoms with Crippen molar-refractivity contribution in [2.24, 2.45) is 0 Å². The first-order chi connectivity index (χ1) is 9.06. The highest BCUT2D eigenvalue weighted by atomic mass is 32.1. The normalized spacial score (nSPS) is 10.9. The first-order valence-corrected chi connectivity index (χ1v) is 6.13. The van der Waals surface area contributed by atoms with Crippen LogP contribution >= 0.6 is 11.3 Å². The molecule has 3 aromatic rings. The van der Waals surface area contributed by atoms with Gasteiger partial charge in [-0.15, -0.1) is 11.3 Å². The summed E-state index contributed by atoms with van der Waals surface area (Å²) in [6, 6.07) is 9.22. The molecule has 1 aromatic heterocycles. The van der Waals surface area contributed by atoms with E-state index in [2.05, 4.69) is 0 Å². The molecule has 6 nitrogen and oxygen atoms in total. The maximum atomic E-state index is 10.7. The molecule has 0 saturated carbocycles. The molecule has 0 N–H and O–H groups in total. The third kappa shape index (κ3) is 1.80. The van der Waals surface area contributed by atoms with E-state index in [1.165, 1.54) is 35.6 Å². The van der Waals surface area contributed by atoms with Crippen LogP contribution in [0.15, 0.2) is 36.4 Å². The minimum Gasteiger partial charge on any atom is -0.258 e. The summed E-state index contributed by atoms with van der Waals surface area (Å²) in [7, 11) is 0. The summed E-state index contributed by atoms with van der Waals surface area (Å²) in [6.45, 7) is 0. The van der Waals surface area contributed by atoms with E-state index in [0.29, 0.717) is 0 Å². The van der Waals surface area contributed by atoms with Crippen LogP contribution in [0, 0.1) is 20.2 Å². The SMILES string of the molecule is O=[N+]([O-])c1ccc2c(c1)sc1cc([N+](=O)[O-])ccc12. The number of hydrogen-bond acceptors (Lipinski definition) is 5. The molecule has 0 atom stereocenters. The summed E-state index contributed by atoms with van der Waals surface area (Å²) in [5, 5.41) is 23.2. The Hall–Kier alpha value is -2.54. The molecule has 2 aromatic carbocycles. The van der Waals surface area contributed by atoms with Crippen molar-refractivity contribution in [3.8, 4) is 0 Å². The van der Waals surface area contributed by atoms with Crippen molar-refractivity contribution in [2.75, 3.05) is 0 Å². The molecular formula is C12H6N2O4S. The zero-order chi connectivity index (χ0) is 13.6. The minimum atomic E-state index is -0.452. The zero-order valence-corrected chi connectivity index (χ0v) is 10.2. The topological polar surface area (TPSA) is 86.3 Å². The van der Waals surface area contributed by atoms with Gasteiger partial charge in [0, 0.05) is 44.4 Å². The van der Waals surface area contributed by atoms with Crippen molar-refractivity contribution in [3.63, 3.8) is 0 Å². The van der Waals surface area contributed by atoms with E-state index >= 15 is 0 Å². The molecule has 0 unspecified atom stereocenters. The molecule has 0 aliphatic heterocycles. The van der Waals surface area contributed by atoms with Gasteiger partial charge in [-0.2, -0.15) is 0 Å². The van der Waals surface area contributed by atoms with Crippen LogP contribution < -0.4 is 0 Å². The number of fused-ring (bicyclic) bond motifs is 3. The molecular weight excluding hydrogens is 268 g/mol. The fourth-order valence-corrected chi connectivity index (χ4v) is 3.15. The Bertz CT molecular complexity index is 772. The smallest absolute Gasteiger partial charge is 0.258 e. The summed E-state index contributed by atoms with van der Waals surface area (Å²) in [5.41, 5.74) is 0.0436. The minimum absolute atomic E-state index is 0.0218. The van der Waals surface area contributed by atoms with Crippen LogP contribution in [-0.4, -0.2) is 9.85 Å². The molecule has 0 spiro atoms. The van der Waals surface area contributed by atoms with E-state index in [4.69, 9.17) is 0 Å². The van der Waals surface area contributed by atoms with Crippen LogP contribution in [0.2, 0.25) is 0 Å². The lowest BCUT2D eigenvalue weighted by atomic mass is 10.1. The number of non-ortho nitro benzene ring substituents is 2. The molecule has 0 aliphatic carbocycles. The van der Waals surface area contributed by atoms with Gasteiger partial charge in [0.25, 0.3) is 11.4 Å². The molecule has 3 rings (SSSR count). The van der Waals surface area contributed by atoms with Crippen molar-refractivity contribution in [1.82, 2.24) is 0 Å². The van der Waals surface area contributed by atoms with Crippen LogP contribution in [0.25, 0.3) is 20.2 Å². The molecule has 0 amide bonds. The Balaban J connectivity index is 2.31. The molecule has 0 aliphatic rings. The van der Waals surface area contributed by atoms with E-state index in [-0.39, 0.29) is 11.4 Å². The number of benzene rings is 2. The number of nitro benzene ring substituents is 2. The van der Waals surface area contributed by atoms with Gasteiger partial charge in [0.05, 0.1) is 9.85 Å². The molecule has 0 fully saturated rings. The van der Waals surface area contributed by atoms with Crippen LogP contribution in [-0.2, 0) is 0 Å². The second kappa shape index (κ2) is 3.99. The monoisotopic (exact) mass is 274 g/mol. The predicted octanol–water partition coefficient (Wildman–Crippen LogP) is 3.87. The average molecular weight is 274 g/mol. The fraction of sp³-hybridized carbons (Fsp3) is 0. The molecule has 1 heterocycles. The van der Waals surface area contributed by atoms with Crippen molar-refractivity contribution in [3.05, 3.63) is 56.6 Å². The van der Waals surface area contributed by atoms with Gasteiger partial charge in [0.2, 0.25) is 0 Å². The van der Waals surface area contributed by atoms with Gasteiger partial charge >= 0.3 is 0 Å². The van der Waals surface area contributed by atoms with Gasteiger partial charge in [0.1, 0.15) is 0 Å². The van der Waals surface area contributed by atoms with E-state index in [1.807, 2.05) is 0 Å².